The Kier molecular flexibility index (Phi) is 11.7. The van der Waals surface area contributed by atoms with Crippen LogP contribution >= 0.6 is 0 Å². The molecular formula is C37H40N2O4. The van der Waals surface area contributed by atoms with Crippen LogP contribution < -0.4 is 10.1 Å². The molecule has 4 aromatic carbocycles. The topological polar surface area (TPSA) is 75.7 Å². The van der Waals surface area contributed by atoms with Crippen molar-refractivity contribution in [2.24, 2.45) is 0 Å². The van der Waals surface area contributed by atoms with E-state index in [0.29, 0.717) is 36.5 Å². The first-order valence-corrected chi connectivity index (χ1v) is 15.0. The average Bonchev–Trinajstić information content (AvgIpc) is 3.01. The molecule has 4 rings (SSSR count). The van der Waals surface area contributed by atoms with E-state index >= 15 is 0 Å². The lowest BCUT2D eigenvalue weighted by Gasteiger charge is -2.26. The Morgan fingerprint density at radius 3 is 2.12 bits per heavy atom. The van der Waals surface area contributed by atoms with Gasteiger partial charge in [0.25, 0.3) is 5.91 Å². The van der Waals surface area contributed by atoms with Crippen molar-refractivity contribution in [3.05, 3.63) is 131 Å². The lowest BCUT2D eigenvalue weighted by Crippen LogP contribution is -2.34. The number of nitrogens with zero attached hydrogens (tertiary/aromatic N) is 1. The number of ether oxygens (including phenoxy) is 1. The maximum atomic E-state index is 13.9. The highest BCUT2D eigenvalue weighted by molar-refractivity contribution is 5.96. The zero-order valence-corrected chi connectivity index (χ0v) is 25.0. The Hall–Kier alpha value is -4.71. The van der Waals surface area contributed by atoms with Crippen molar-refractivity contribution in [3.63, 3.8) is 0 Å². The predicted molar refractivity (Wildman–Crippen MR) is 171 cm³/mol. The highest BCUT2D eigenvalue weighted by Gasteiger charge is 2.20. The van der Waals surface area contributed by atoms with E-state index in [-0.39, 0.29) is 23.7 Å². The van der Waals surface area contributed by atoms with E-state index < -0.39 is 0 Å². The lowest BCUT2D eigenvalue weighted by molar-refractivity contribution is -0.134. The summed E-state index contributed by atoms with van der Waals surface area (Å²) in [7, 11) is 0. The minimum absolute atomic E-state index is 0.0747. The number of aryl methyl sites for hydroxylation is 1. The Balaban J connectivity index is 1.52. The first-order valence-electron chi connectivity index (χ1n) is 15.0. The van der Waals surface area contributed by atoms with Crippen LogP contribution in [0.4, 0.5) is 5.69 Å². The van der Waals surface area contributed by atoms with Gasteiger partial charge in [-0.3, -0.25) is 14.4 Å². The molecule has 0 aliphatic carbocycles. The molecule has 4 aromatic rings. The van der Waals surface area contributed by atoms with Gasteiger partial charge in [0.2, 0.25) is 5.91 Å². The molecule has 0 radical (unpaired) electrons. The fourth-order valence-corrected chi connectivity index (χ4v) is 5.24. The van der Waals surface area contributed by atoms with Gasteiger partial charge < -0.3 is 15.0 Å². The molecule has 0 saturated heterocycles. The molecule has 6 nitrogen and oxygen atoms in total. The monoisotopic (exact) mass is 576 g/mol. The lowest BCUT2D eigenvalue weighted by atomic mass is 9.88. The summed E-state index contributed by atoms with van der Waals surface area (Å²) in [6.45, 7) is 4.52. The first kappa shape index (κ1) is 31.2. The van der Waals surface area contributed by atoms with Crippen LogP contribution in [0.25, 0.3) is 0 Å². The van der Waals surface area contributed by atoms with Gasteiger partial charge in [0.05, 0.1) is 0 Å². The van der Waals surface area contributed by atoms with E-state index in [0.717, 1.165) is 31.2 Å². The Labute approximate surface area is 254 Å². The molecule has 0 aliphatic heterocycles. The number of esters is 1. The minimum Gasteiger partial charge on any atom is -0.427 e. The fourth-order valence-electron chi connectivity index (χ4n) is 5.24. The first-order chi connectivity index (χ1) is 20.9. The Morgan fingerprint density at radius 1 is 0.791 bits per heavy atom. The van der Waals surface area contributed by atoms with Crippen molar-refractivity contribution in [2.45, 2.75) is 51.9 Å². The molecule has 2 amide bonds. The minimum atomic E-state index is -0.232. The van der Waals surface area contributed by atoms with Gasteiger partial charge >= 0.3 is 5.97 Å². The molecule has 0 unspecified atom stereocenters. The average molecular weight is 577 g/mol. The Morgan fingerprint density at radius 2 is 1.47 bits per heavy atom. The number of amides is 2. The van der Waals surface area contributed by atoms with Crippen LogP contribution in [-0.2, 0) is 16.0 Å². The summed E-state index contributed by atoms with van der Waals surface area (Å²) in [4.78, 5) is 39.4. The normalized spacial score (nSPS) is 10.8. The van der Waals surface area contributed by atoms with Crippen LogP contribution in [0.5, 0.6) is 5.75 Å². The maximum Gasteiger partial charge on any atom is 0.311 e. The fraction of sp³-hybridized carbons (Fsp3) is 0.270. The highest BCUT2D eigenvalue weighted by atomic mass is 16.5. The van der Waals surface area contributed by atoms with Crippen LogP contribution in [0.2, 0.25) is 0 Å². The molecule has 0 atom stereocenters. The van der Waals surface area contributed by atoms with Crippen LogP contribution in [0, 0.1) is 0 Å². The second-order valence-corrected chi connectivity index (χ2v) is 10.7. The SMILES string of the molecule is CCCC(=O)Oc1cccc(CCCN(CCC(c2ccccc2)c2ccccc2)C(=O)c2cccc(NC(C)=O)c2)c1. The molecule has 1 N–H and O–H groups in total. The molecule has 0 saturated carbocycles. The summed E-state index contributed by atoms with van der Waals surface area (Å²) in [5.41, 5.74) is 4.60. The molecule has 6 heteroatoms. The summed E-state index contributed by atoms with van der Waals surface area (Å²) in [5.74, 6) is 0.196. The van der Waals surface area contributed by atoms with E-state index in [1.807, 2.05) is 42.2 Å². The van der Waals surface area contributed by atoms with E-state index in [2.05, 4.69) is 53.8 Å². The van der Waals surface area contributed by atoms with Gasteiger partial charge in [0, 0.05) is 43.6 Å². The van der Waals surface area contributed by atoms with E-state index in [1.165, 1.54) is 18.1 Å². The van der Waals surface area contributed by atoms with Gasteiger partial charge in [0.1, 0.15) is 5.75 Å². The van der Waals surface area contributed by atoms with Crippen LogP contribution in [0.3, 0.4) is 0 Å². The van der Waals surface area contributed by atoms with Crippen molar-refractivity contribution < 1.29 is 19.1 Å². The number of hydrogen-bond donors (Lipinski definition) is 1. The third kappa shape index (κ3) is 9.67. The predicted octanol–water partition coefficient (Wildman–Crippen LogP) is 7.65. The van der Waals surface area contributed by atoms with Gasteiger partial charge in [-0.05, 0) is 72.7 Å². The number of rotatable bonds is 14. The second-order valence-electron chi connectivity index (χ2n) is 10.7. The Bertz CT molecular complexity index is 1450. The van der Waals surface area contributed by atoms with E-state index in [9.17, 15) is 14.4 Å². The van der Waals surface area contributed by atoms with Crippen molar-refractivity contribution in [1.82, 2.24) is 4.90 Å². The molecule has 0 fully saturated rings. The van der Waals surface area contributed by atoms with Gasteiger partial charge in [-0.1, -0.05) is 85.8 Å². The second kappa shape index (κ2) is 16.1. The number of benzene rings is 4. The summed E-state index contributed by atoms with van der Waals surface area (Å²) in [6, 6.07) is 35.5. The zero-order valence-electron chi connectivity index (χ0n) is 25.0. The number of carbonyl (C=O) groups is 3. The molecule has 222 valence electrons. The van der Waals surface area contributed by atoms with E-state index in [4.69, 9.17) is 4.74 Å². The van der Waals surface area contributed by atoms with Gasteiger partial charge in [-0.2, -0.15) is 0 Å². The van der Waals surface area contributed by atoms with Crippen LogP contribution in [0.1, 0.15) is 72.5 Å². The van der Waals surface area contributed by atoms with Crippen LogP contribution in [0.15, 0.2) is 109 Å². The molecular weight excluding hydrogens is 536 g/mol. The smallest absolute Gasteiger partial charge is 0.311 e. The van der Waals surface area contributed by atoms with Gasteiger partial charge in [0.15, 0.2) is 0 Å². The van der Waals surface area contributed by atoms with Crippen molar-refractivity contribution >= 4 is 23.5 Å². The number of hydrogen-bond acceptors (Lipinski definition) is 4. The van der Waals surface area contributed by atoms with Crippen molar-refractivity contribution in [1.29, 1.82) is 0 Å². The third-order valence-corrected chi connectivity index (χ3v) is 7.29. The number of carbonyl (C=O) groups excluding carboxylic acids is 3. The van der Waals surface area contributed by atoms with Crippen molar-refractivity contribution in [2.75, 3.05) is 18.4 Å². The maximum absolute atomic E-state index is 13.9. The quantitative estimate of drug-likeness (QED) is 0.124. The summed E-state index contributed by atoms with van der Waals surface area (Å²) in [5, 5.41) is 2.78. The van der Waals surface area contributed by atoms with Gasteiger partial charge in [-0.15, -0.1) is 0 Å². The standard InChI is InChI=1S/C37H40N2O4/c1-3-13-36(41)43-34-22-10-14-29(26-34)15-12-24-39(37(42)32-20-11-21-33(27-32)38-28(2)40)25-23-35(30-16-6-4-7-17-30)31-18-8-5-9-19-31/h4-11,14,16-22,26-27,35H,3,12-13,15,23-25H2,1-2H3,(H,38,40). The number of nitrogens with one attached hydrogen (secondary N) is 1. The third-order valence-electron chi connectivity index (χ3n) is 7.29. The summed E-state index contributed by atoms with van der Waals surface area (Å²) in [6.07, 6.45) is 3.36. The largest absolute Gasteiger partial charge is 0.427 e. The number of anilines is 1. The van der Waals surface area contributed by atoms with Gasteiger partial charge in [-0.25, -0.2) is 0 Å². The van der Waals surface area contributed by atoms with Crippen molar-refractivity contribution in [3.8, 4) is 5.75 Å². The molecule has 0 bridgehead atoms. The molecule has 0 aliphatic rings. The van der Waals surface area contributed by atoms with E-state index in [1.54, 1.807) is 30.3 Å². The van der Waals surface area contributed by atoms with Crippen LogP contribution in [-0.4, -0.2) is 35.8 Å². The molecule has 0 spiro atoms. The summed E-state index contributed by atoms with van der Waals surface area (Å²) < 4.78 is 5.47. The molecule has 0 heterocycles. The zero-order chi connectivity index (χ0) is 30.4. The summed E-state index contributed by atoms with van der Waals surface area (Å²) >= 11 is 0. The molecule has 0 aromatic heterocycles. The molecule has 43 heavy (non-hydrogen) atoms. The highest BCUT2D eigenvalue weighted by Crippen LogP contribution is 2.28.